The van der Waals surface area contributed by atoms with Crippen LogP contribution in [0.2, 0.25) is 0 Å². The zero-order valence-corrected chi connectivity index (χ0v) is 14.6. The third-order valence-electron chi connectivity index (χ3n) is 3.92. The van der Waals surface area contributed by atoms with Crippen LogP contribution < -0.4 is 16.2 Å². The van der Waals surface area contributed by atoms with Crippen LogP contribution in [0, 0.1) is 11.6 Å². The fourth-order valence-electron chi connectivity index (χ4n) is 2.55. The molecule has 2 aromatic carbocycles. The van der Waals surface area contributed by atoms with E-state index >= 15 is 0 Å². The number of nitrogens with zero attached hydrogens (tertiary/aromatic N) is 2. The van der Waals surface area contributed by atoms with Crippen molar-refractivity contribution in [1.29, 1.82) is 0 Å². The lowest BCUT2D eigenvalue weighted by molar-refractivity contribution is -0.121. The second-order valence-corrected chi connectivity index (χ2v) is 5.97. The van der Waals surface area contributed by atoms with Crippen molar-refractivity contribution in [2.45, 2.75) is 13.0 Å². The number of para-hydroxylation sites is 1. The van der Waals surface area contributed by atoms with Gasteiger partial charge in [0, 0.05) is 19.0 Å². The standard InChI is InChI=1S/C19H16F2N4O3/c20-12-5-6-16(14(21)9-12)24-17(26)7-8-22-18(27)10-25-11-23-15-4-2-1-3-13(15)19(25)28/h1-6,9,11H,7-8,10H2,(H,22,27)(H,24,26). The summed E-state index contributed by atoms with van der Waals surface area (Å²) in [4.78, 5) is 40.2. The molecule has 3 aromatic rings. The first-order chi connectivity index (χ1) is 13.4. The molecule has 0 saturated heterocycles. The van der Waals surface area contributed by atoms with Crippen LogP contribution in [0.3, 0.4) is 0 Å². The van der Waals surface area contributed by atoms with E-state index in [2.05, 4.69) is 15.6 Å². The number of anilines is 1. The predicted molar refractivity (Wildman–Crippen MR) is 98.6 cm³/mol. The summed E-state index contributed by atoms with van der Waals surface area (Å²) in [7, 11) is 0. The van der Waals surface area contributed by atoms with Crippen LogP contribution in [-0.4, -0.2) is 27.9 Å². The molecule has 0 atom stereocenters. The number of carbonyl (C=O) groups excluding carboxylic acids is 2. The molecule has 7 nitrogen and oxygen atoms in total. The Morgan fingerprint density at radius 2 is 1.86 bits per heavy atom. The van der Waals surface area contributed by atoms with Crippen LogP contribution in [0.25, 0.3) is 10.9 Å². The third-order valence-corrected chi connectivity index (χ3v) is 3.92. The van der Waals surface area contributed by atoms with Crippen molar-refractivity contribution in [3.8, 4) is 0 Å². The van der Waals surface area contributed by atoms with E-state index in [1.807, 2.05) is 0 Å². The maximum atomic E-state index is 13.5. The third kappa shape index (κ3) is 4.56. The van der Waals surface area contributed by atoms with E-state index in [4.69, 9.17) is 0 Å². The van der Waals surface area contributed by atoms with Gasteiger partial charge in [0.25, 0.3) is 5.56 Å². The topological polar surface area (TPSA) is 93.1 Å². The van der Waals surface area contributed by atoms with E-state index in [9.17, 15) is 23.2 Å². The van der Waals surface area contributed by atoms with Crippen LogP contribution in [-0.2, 0) is 16.1 Å². The van der Waals surface area contributed by atoms with Gasteiger partial charge in [-0.05, 0) is 24.3 Å². The number of benzene rings is 2. The summed E-state index contributed by atoms with van der Waals surface area (Å²) in [6, 6.07) is 9.58. The van der Waals surface area contributed by atoms with Gasteiger partial charge in [0.15, 0.2) is 0 Å². The summed E-state index contributed by atoms with van der Waals surface area (Å²) >= 11 is 0. The van der Waals surface area contributed by atoms with Gasteiger partial charge in [-0.1, -0.05) is 12.1 Å². The lowest BCUT2D eigenvalue weighted by atomic mass is 10.2. The number of halogens is 2. The van der Waals surface area contributed by atoms with Gasteiger partial charge in [-0.3, -0.25) is 19.0 Å². The van der Waals surface area contributed by atoms with Crippen molar-refractivity contribution < 1.29 is 18.4 Å². The van der Waals surface area contributed by atoms with Gasteiger partial charge in [-0.15, -0.1) is 0 Å². The molecular formula is C19H16F2N4O3. The number of hydrogen-bond donors (Lipinski definition) is 2. The minimum Gasteiger partial charge on any atom is -0.354 e. The molecule has 3 rings (SSSR count). The highest BCUT2D eigenvalue weighted by atomic mass is 19.1. The zero-order valence-electron chi connectivity index (χ0n) is 14.6. The molecule has 0 unspecified atom stereocenters. The average Bonchev–Trinajstić information content (AvgIpc) is 2.66. The molecule has 2 N–H and O–H groups in total. The van der Waals surface area contributed by atoms with Gasteiger partial charge in [0.1, 0.15) is 18.2 Å². The summed E-state index contributed by atoms with van der Waals surface area (Å²) in [5.41, 5.74) is 0.0469. The molecule has 0 spiro atoms. The van der Waals surface area contributed by atoms with Crippen molar-refractivity contribution >= 4 is 28.4 Å². The van der Waals surface area contributed by atoms with Crippen LogP contribution in [0.15, 0.2) is 53.6 Å². The van der Waals surface area contributed by atoms with Crippen molar-refractivity contribution in [3.05, 3.63) is 70.8 Å². The minimum absolute atomic E-state index is 0.0107. The number of carbonyl (C=O) groups is 2. The van der Waals surface area contributed by atoms with Gasteiger partial charge in [0.2, 0.25) is 11.8 Å². The molecule has 0 aliphatic rings. The quantitative estimate of drug-likeness (QED) is 0.676. The molecule has 0 bridgehead atoms. The Balaban J connectivity index is 1.51. The second-order valence-electron chi connectivity index (χ2n) is 5.97. The maximum Gasteiger partial charge on any atom is 0.261 e. The highest BCUT2D eigenvalue weighted by Gasteiger charge is 2.10. The van der Waals surface area contributed by atoms with E-state index in [-0.39, 0.29) is 30.8 Å². The summed E-state index contributed by atoms with van der Waals surface area (Å²) in [5.74, 6) is -2.66. The highest BCUT2D eigenvalue weighted by Crippen LogP contribution is 2.14. The van der Waals surface area contributed by atoms with Crippen LogP contribution >= 0.6 is 0 Å². The van der Waals surface area contributed by atoms with E-state index < -0.39 is 23.4 Å². The number of rotatable bonds is 6. The summed E-state index contributed by atoms with van der Waals surface area (Å²) in [6.45, 7) is -0.256. The molecule has 9 heteroatoms. The number of nitrogens with one attached hydrogen (secondary N) is 2. The minimum atomic E-state index is -0.888. The molecule has 144 valence electrons. The molecule has 1 aromatic heterocycles. The number of hydrogen-bond acceptors (Lipinski definition) is 4. The fraction of sp³-hybridized carbons (Fsp3) is 0.158. The molecule has 2 amide bonds. The summed E-state index contributed by atoms with van der Waals surface area (Å²) in [5, 5.41) is 5.20. The van der Waals surface area contributed by atoms with Gasteiger partial charge < -0.3 is 10.6 Å². The molecule has 0 fully saturated rings. The Morgan fingerprint density at radius 3 is 2.64 bits per heavy atom. The van der Waals surface area contributed by atoms with Crippen molar-refractivity contribution in [2.75, 3.05) is 11.9 Å². The number of amides is 2. The number of fused-ring (bicyclic) bond motifs is 1. The van der Waals surface area contributed by atoms with Crippen LogP contribution in [0.5, 0.6) is 0 Å². The van der Waals surface area contributed by atoms with Crippen molar-refractivity contribution in [2.24, 2.45) is 0 Å². The Kier molecular flexibility index (Phi) is 5.73. The first kappa shape index (κ1) is 19.2. The van der Waals surface area contributed by atoms with Crippen LogP contribution in [0.4, 0.5) is 14.5 Å². The molecule has 0 radical (unpaired) electrons. The van der Waals surface area contributed by atoms with E-state index in [0.717, 1.165) is 12.1 Å². The first-order valence-corrected chi connectivity index (χ1v) is 8.40. The molecule has 28 heavy (non-hydrogen) atoms. The smallest absolute Gasteiger partial charge is 0.261 e. The van der Waals surface area contributed by atoms with Crippen molar-refractivity contribution in [1.82, 2.24) is 14.9 Å². The molecule has 1 heterocycles. The van der Waals surface area contributed by atoms with E-state index in [0.29, 0.717) is 17.0 Å². The number of aromatic nitrogens is 2. The average molecular weight is 386 g/mol. The normalized spacial score (nSPS) is 10.6. The zero-order chi connectivity index (χ0) is 20.1. The molecule has 0 saturated carbocycles. The fourth-order valence-corrected chi connectivity index (χ4v) is 2.55. The Morgan fingerprint density at radius 1 is 1.07 bits per heavy atom. The lowest BCUT2D eigenvalue weighted by Gasteiger charge is -2.09. The molecule has 0 aliphatic carbocycles. The van der Waals surface area contributed by atoms with Crippen LogP contribution in [0.1, 0.15) is 6.42 Å². The monoisotopic (exact) mass is 386 g/mol. The SMILES string of the molecule is O=C(Cn1cnc2ccccc2c1=O)NCCC(=O)Nc1ccc(F)cc1F. The molecular weight excluding hydrogens is 370 g/mol. The second kappa shape index (κ2) is 8.38. The Bertz CT molecular complexity index is 1100. The van der Waals surface area contributed by atoms with Gasteiger partial charge >= 0.3 is 0 Å². The Hall–Kier alpha value is -3.62. The predicted octanol–water partition coefficient (Wildman–Crippen LogP) is 1.82. The van der Waals surface area contributed by atoms with Gasteiger partial charge in [-0.25, -0.2) is 13.8 Å². The van der Waals surface area contributed by atoms with Gasteiger partial charge in [-0.2, -0.15) is 0 Å². The first-order valence-electron chi connectivity index (χ1n) is 8.40. The largest absolute Gasteiger partial charge is 0.354 e. The summed E-state index contributed by atoms with van der Waals surface area (Å²) in [6.07, 6.45) is 1.17. The van der Waals surface area contributed by atoms with Crippen molar-refractivity contribution in [3.63, 3.8) is 0 Å². The maximum absolute atomic E-state index is 13.5. The Labute approximate surface area is 158 Å². The highest BCUT2D eigenvalue weighted by molar-refractivity contribution is 5.91. The summed E-state index contributed by atoms with van der Waals surface area (Å²) < 4.78 is 27.5. The van der Waals surface area contributed by atoms with E-state index in [1.165, 1.54) is 10.9 Å². The lowest BCUT2D eigenvalue weighted by Crippen LogP contribution is -2.34. The van der Waals surface area contributed by atoms with Gasteiger partial charge in [0.05, 0.1) is 22.9 Å². The molecule has 0 aliphatic heterocycles. The van der Waals surface area contributed by atoms with E-state index in [1.54, 1.807) is 24.3 Å².